The fourth-order valence-corrected chi connectivity index (χ4v) is 1.73. The zero-order chi connectivity index (χ0) is 13.1. The van der Waals surface area contributed by atoms with Gasteiger partial charge in [0.15, 0.2) is 5.69 Å². The van der Waals surface area contributed by atoms with Gasteiger partial charge in [0, 0.05) is 18.1 Å². The average molecular weight is 311 g/mol. The summed E-state index contributed by atoms with van der Waals surface area (Å²) in [5.74, 6) is -1.10. The van der Waals surface area contributed by atoms with E-state index < -0.39 is 5.97 Å². The minimum atomic E-state index is -1.10. The number of halogens is 1. The summed E-state index contributed by atoms with van der Waals surface area (Å²) in [7, 11) is 1.79. The Morgan fingerprint density at radius 3 is 2.67 bits per heavy atom. The van der Waals surface area contributed by atoms with Crippen molar-refractivity contribution in [2.24, 2.45) is 0 Å². The molecule has 0 saturated carbocycles. The van der Waals surface area contributed by atoms with Crippen molar-refractivity contribution in [1.82, 2.24) is 4.98 Å². The Bertz CT molecular complexity index is 551. The Balaban J connectivity index is 2.09. The summed E-state index contributed by atoms with van der Waals surface area (Å²) < 4.78 is 6.12. The number of carboxylic acids is 1. The largest absolute Gasteiger partial charge is 0.476 e. The van der Waals surface area contributed by atoms with E-state index in [-0.39, 0.29) is 11.7 Å². The van der Waals surface area contributed by atoms with Crippen molar-refractivity contribution in [3.05, 3.63) is 46.3 Å². The van der Waals surface area contributed by atoms with Crippen molar-refractivity contribution in [2.45, 2.75) is 6.54 Å². The van der Waals surface area contributed by atoms with Crippen molar-refractivity contribution in [3.8, 4) is 0 Å². The normalized spacial score (nSPS) is 10.3. The van der Waals surface area contributed by atoms with Crippen LogP contribution in [0.25, 0.3) is 0 Å². The molecule has 0 amide bonds. The van der Waals surface area contributed by atoms with Gasteiger partial charge in [0.2, 0.25) is 0 Å². The minimum absolute atomic E-state index is 0.0901. The number of rotatable bonds is 4. The van der Waals surface area contributed by atoms with Crippen LogP contribution in [0.4, 0.5) is 6.01 Å². The Kier molecular flexibility index (Phi) is 3.66. The van der Waals surface area contributed by atoms with Gasteiger partial charge in [-0.2, -0.15) is 4.98 Å². The fourth-order valence-electron chi connectivity index (χ4n) is 1.47. The number of oxazole rings is 1. The lowest BCUT2D eigenvalue weighted by Gasteiger charge is -2.14. The smallest absolute Gasteiger partial charge is 0.357 e. The van der Waals surface area contributed by atoms with E-state index in [0.29, 0.717) is 6.54 Å². The first-order chi connectivity index (χ1) is 8.56. The summed E-state index contributed by atoms with van der Waals surface area (Å²) >= 11 is 3.37. The SMILES string of the molecule is CN(Cc1ccc(Br)cc1)c1nc(C(=O)O)co1. The average Bonchev–Trinajstić information content (AvgIpc) is 2.81. The standard InChI is InChI=1S/C12H11BrN2O3/c1-15(6-8-2-4-9(13)5-3-8)12-14-10(7-18-12)11(16)17/h2-5,7H,6H2,1H3,(H,16,17). The number of nitrogens with zero attached hydrogens (tertiary/aromatic N) is 2. The molecular formula is C12H11BrN2O3. The quantitative estimate of drug-likeness (QED) is 0.940. The van der Waals surface area contributed by atoms with Crippen LogP contribution < -0.4 is 4.90 Å². The van der Waals surface area contributed by atoms with Crippen LogP contribution >= 0.6 is 15.9 Å². The van der Waals surface area contributed by atoms with Crippen LogP contribution in [0.3, 0.4) is 0 Å². The summed E-state index contributed by atoms with van der Waals surface area (Å²) in [4.78, 5) is 16.3. The Morgan fingerprint density at radius 2 is 2.11 bits per heavy atom. The number of anilines is 1. The first-order valence-electron chi connectivity index (χ1n) is 5.20. The highest BCUT2D eigenvalue weighted by Crippen LogP contribution is 2.16. The van der Waals surface area contributed by atoms with Gasteiger partial charge in [0.1, 0.15) is 6.26 Å². The molecule has 0 bridgehead atoms. The van der Waals surface area contributed by atoms with Crippen LogP contribution in [-0.4, -0.2) is 23.1 Å². The molecule has 18 heavy (non-hydrogen) atoms. The minimum Gasteiger partial charge on any atom is -0.476 e. The van der Waals surface area contributed by atoms with Crippen molar-refractivity contribution >= 4 is 27.9 Å². The number of carbonyl (C=O) groups is 1. The maximum atomic E-state index is 10.7. The van der Waals surface area contributed by atoms with Gasteiger partial charge in [-0.1, -0.05) is 28.1 Å². The van der Waals surface area contributed by atoms with E-state index in [9.17, 15) is 4.79 Å². The van der Waals surface area contributed by atoms with Gasteiger partial charge in [-0.05, 0) is 17.7 Å². The van der Waals surface area contributed by atoms with E-state index in [1.165, 1.54) is 0 Å². The highest BCUT2D eigenvalue weighted by atomic mass is 79.9. The van der Waals surface area contributed by atoms with Crippen LogP contribution in [0.1, 0.15) is 16.1 Å². The molecule has 2 rings (SSSR count). The molecule has 0 atom stereocenters. The predicted octanol–water partition coefficient (Wildman–Crippen LogP) is 2.77. The monoisotopic (exact) mass is 310 g/mol. The summed E-state index contributed by atoms with van der Waals surface area (Å²) in [6.07, 6.45) is 1.13. The molecule has 1 N–H and O–H groups in total. The Morgan fingerprint density at radius 1 is 1.44 bits per heavy atom. The third-order valence-electron chi connectivity index (χ3n) is 2.37. The first-order valence-corrected chi connectivity index (χ1v) is 6.00. The molecule has 2 aromatic rings. The zero-order valence-electron chi connectivity index (χ0n) is 9.63. The molecule has 94 valence electrons. The summed E-state index contributed by atoms with van der Waals surface area (Å²) in [5, 5.41) is 8.75. The van der Waals surface area contributed by atoms with Gasteiger partial charge in [0.05, 0.1) is 0 Å². The highest BCUT2D eigenvalue weighted by molar-refractivity contribution is 9.10. The van der Waals surface area contributed by atoms with Crippen molar-refractivity contribution in [3.63, 3.8) is 0 Å². The number of hydrogen-bond acceptors (Lipinski definition) is 4. The molecule has 1 aromatic carbocycles. The molecule has 0 unspecified atom stereocenters. The number of aromatic carboxylic acids is 1. The highest BCUT2D eigenvalue weighted by Gasteiger charge is 2.13. The maximum Gasteiger partial charge on any atom is 0.357 e. The summed E-state index contributed by atoms with van der Waals surface area (Å²) in [6.45, 7) is 0.590. The lowest BCUT2D eigenvalue weighted by atomic mass is 10.2. The molecule has 1 heterocycles. The van der Waals surface area contributed by atoms with Crippen LogP contribution in [-0.2, 0) is 6.54 Å². The summed E-state index contributed by atoms with van der Waals surface area (Å²) in [5.41, 5.74) is 0.989. The molecule has 6 heteroatoms. The van der Waals surface area contributed by atoms with E-state index in [1.54, 1.807) is 11.9 Å². The van der Waals surface area contributed by atoms with Gasteiger partial charge >= 0.3 is 5.97 Å². The molecule has 0 saturated heterocycles. The van der Waals surface area contributed by atoms with Gasteiger partial charge in [-0.25, -0.2) is 4.79 Å². The number of hydrogen-bond donors (Lipinski definition) is 1. The van der Waals surface area contributed by atoms with Gasteiger partial charge in [0.25, 0.3) is 6.01 Å². The molecule has 0 aliphatic heterocycles. The molecule has 5 nitrogen and oxygen atoms in total. The van der Waals surface area contributed by atoms with E-state index in [0.717, 1.165) is 16.3 Å². The van der Waals surface area contributed by atoms with E-state index >= 15 is 0 Å². The molecule has 0 spiro atoms. The van der Waals surface area contributed by atoms with Crippen LogP contribution in [0, 0.1) is 0 Å². The van der Waals surface area contributed by atoms with Crippen LogP contribution in [0.15, 0.2) is 39.4 Å². The van der Waals surface area contributed by atoms with Crippen LogP contribution in [0.5, 0.6) is 0 Å². The number of aromatic nitrogens is 1. The molecule has 0 fully saturated rings. The third kappa shape index (κ3) is 2.89. The van der Waals surface area contributed by atoms with E-state index in [4.69, 9.17) is 9.52 Å². The molecule has 0 aliphatic rings. The fraction of sp³-hybridized carbons (Fsp3) is 0.167. The van der Waals surface area contributed by atoms with Gasteiger partial charge < -0.3 is 14.4 Å². The second-order valence-electron chi connectivity index (χ2n) is 3.80. The summed E-state index contributed by atoms with van der Waals surface area (Å²) in [6, 6.07) is 8.13. The second-order valence-corrected chi connectivity index (χ2v) is 4.72. The lowest BCUT2D eigenvalue weighted by Crippen LogP contribution is -2.16. The second kappa shape index (κ2) is 5.22. The first kappa shape index (κ1) is 12.6. The predicted molar refractivity (Wildman–Crippen MR) is 69.7 cm³/mol. The molecule has 1 aromatic heterocycles. The van der Waals surface area contributed by atoms with Gasteiger partial charge in [-0.3, -0.25) is 0 Å². The Hall–Kier alpha value is -1.82. The molecule has 0 aliphatic carbocycles. The number of benzene rings is 1. The molecule has 0 radical (unpaired) electrons. The topological polar surface area (TPSA) is 66.6 Å². The third-order valence-corrected chi connectivity index (χ3v) is 2.90. The Labute approximate surface area is 112 Å². The lowest BCUT2D eigenvalue weighted by molar-refractivity contribution is 0.0690. The number of carboxylic acid groups (broad SMARTS) is 1. The van der Waals surface area contributed by atoms with E-state index in [1.807, 2.05) is 24.3 Å². The van der Waals surface area contributed by atoms with Crippen molar-refractivity contribution in [2.75, 3.05) is 11.9 Å². The van der Waals surface area contributed by atoms with Crippen molar-refractivity contribution < 1.29 is 14.3 Å². The van der Waals surface area contributed by atoms with E-state index in [2.05, 4.69) is 20.9 Å². The zero-order valence-corrected chi connectivity index (χ0v) is 11.2. The maximum absolute atomic E-state index is 10.7. The molecular weight excluding hydrogens is 300 g/mol. The van der Waals surface area contributed by atoms with Gasteiger partial charge in [-0.15, -0.1) is 0 Å². The van der Waals surface area contributed by atoms with Crippen LogP contribution in [0.2, 0.25) is 0 Å². The van der Waals surface area contributed by atoms with Crippen molar-refractivity contribution in [1.29, 1.82) is 0 Å².